The Balaban J connectivity index is 2.35. The lowest BCUT2D eigenvalue weighted by molar-refractivity contribution is 0.103. The summed E-state index contributed by atoms with van der Waals surface area (Å²) in [6.07, 6.45) is 0.957. The molecule has 0 unspecified atom stereocenters. The lowest BCUT2D eigenvalue weighted by Gasteiger charge is -2.06. The van der Waals surface area contributed by atoms with Crippen LogP contribution in [0.15, 0.2) is 42.5 Å². The Morgan fingerprint density at radius 1 is 1.06 bits per heavy atom. The highest BCUT2D eigenvalue weighted by Crippen LogP contribution is 2.19. The van der Waals surface area contributed by atoms with Crippen LogP contribution in [0.2, 0.25) is 0 Å². The molecule has 0 spiro atoms. The van der Waals surface area contributed by atoms with Crippen LogP contribution in [0, 0.1) is 0 Å². The first-order chi connectivity index (χ1) is 8.61. The second-order valence-corrected chi connectivity index (χ2v) is 4.23. The minimum absolute atomic E-state index is 0.0739. The molecule has 0 fully saturated rings. The van der Waals surface area contributed by atoms with E-state index in [1.165, 1.54) is 5.56 Å². The van der Waals surface area contributed by atoms with Crippen molar-refractivity contribution in [1.82, 2.24) is 0 Å². The van der Waals surface area contributed by atoms with Crippen LogP contribution in [0.5, 0.6) is 0 Å². The van der Waals surface area contributed by atoms with E-state index in [4.69, 9.17) is 11.5 Å². The van der Waals surface area contributed by atoms with Crippen molar-refractivity contribution in [3.8, 4) is 0 Å². The standard InChI is InChI=1S/C15H16N2O/c1-2-10-3-5-11(6-4-10)15(18)13-8-7-12(16)9-14(13)17/h3-9H,2,16-17H2,1H3. The molecule has 0 saturated heterocycles. The third-order valence-electron chi connectivity index (χ3n) is 2.94. The lowest BCUT2D eigenvalue weighted by Crippen LogP contribution is -2.06. The predicted molar refractivity (Wildman–Crippen MR) is 74.5 cm³/mol. The van der Waals surface area contributed by atoms with E-state index >= 15 is 0 Å². The smallest absolute Gasteiger partial charge is 0.195 e. The van der Waals surface area contributed by atoms with E-state index in [9.17, 15) is 4.79 Å². The molecule has 0 atom stereocenters. The van der Waals surface area contributed by atoms with Gasteiger partial charge in [-0.2, -0.15) is 0 Å². The van der Waals surface area contributed by atoms with Crippen molar-refractivity contribution in [3.05, 3.63) is 59.2 Å². The van der Waals surface area contributed by atoms with E-state index in [-0.39, 0.29) is 5.78 Å². The van der Waals surface area contributed by atoms with Crippen LogP contribution in [0.1, 0.15) is 28.4 Å². The first-order valence-electron chi connectivity index (χ1n) is 5.90. The second kappa shape index (κ2) is 4.92. The van der Waals surface area contributed by atoms with Crippen LogP contribution in [0.3, 0.4) is 0 Å². The SMILES string of the molecule is CCc1ccc(C(=O)c2ccc(N)cc2N)cc1. The molecule has 2 rings (SSSR count). The fourth-order valence-corrected chi connectivity index (χ4v) is 1.84. The van der Waals surface area contributed by atoms with Gasteiger partial charge in [0.2, 0.25) is 0 Å². The number of anilines is 2. The van der Waals surface area contributed by atoms with Gasteiger partial charge in [-0.1, -0.05) is 31.2 Å². The molecule has 0 aliphatic heterocycles. The van der Waals surface area contributed by atoms with E-state index in [0.29, 0.717) is 22.5 Å². The van der Waals surface area contributed by atoms with E-state index in [2.05, 4.69) is 6.92 Å². The highest BCUT2D eigenvalue weighted by molar-refractivity contribution is 6.12. The van der Waals surface area contributed by atoms with Crippen molar-refractivity contribution >= 4 is 17.2 Å². The predicted octanol–water partition coefficient (Wildman–Crippen LogP) is 2.64. The fraction of sp³-hybridized carbons (Fsp3) is 0.133. The van der Waals surface area contributed by atoms with Crippen LogP contribution in [-0.4, -0.2) is 5.78 Å². The molecule has 0 amide bonds. The zero-order chi connectivity index (χ0) is 13.1. The summed E-state index contributed by atoms with van der Waals surface area (Å²) in [5, 5.41) is 0. The Labute approximate surface area is 106 Å². The maximum atomic E-state index is 12.3. The summed E-state index contributed by atoms with van der Waals surface area (Å²) >= 11 is 0. The van der Waals surface area contributed by atoms with Gasteiger partial charge in [0.15, 0.2) is 5.78 Å². The Kier molecular flexibility index (Phi) is 3.33. The molecular formula is C15H16N2O. The summed E-state index contributed by atoms with van der Waals surface area (Å²) in [4.78, 5) is 12.3. The van der Waals surface area contributed by atoms with Crippen molar-refractivity contribution in [2.24, 2.45) is 0 Å². The monoisotopic (exact) mass is 240 g/mol. The second-order valence-electron chi connectivity index (χ2n) is 4.23. The Bertz CT molecular complexity index is 574. The zero-order valence-electron chi connectivity index (χ0n) is 10.3. The molecule has 0 bridgehead atoms. The minimum Gasteiger partial charge on any atom is -0.399 e. The molecule has 0 radical (unpaired) electrons. The zero-order valence-corrected chi connectivity index (χ0v) is 10.3. The number of hydrogen-bond acceptors (Lipinski definition) is 3. The number of rotatable bonds is 3. The van der Waals surface area contributed by atoms with Crippen LogP contribution in [0.25, 0.3) is 0 Å². The number of nitrogens with two attached hydrogens (primary N) is 2. The van der Waals surface area contributed by atoms with Crippen molar-refractivity contribution in [2.45, 2.75) is 13.3 Å². The molecule has 2 aromatic rings. The molecule has 3 heteroatoms. The van der Waals surface area contributed by atoms with Gasteiger partial charge >= 0.3 is 0 Å². The molecule has 0 saturated carbocycles. The topological polar surface area (TPSA) is 69.1 Å². The minimum atomic E-state index is -0.0739. The van der Waals surface area contributed by atoms with Gasteiger partial charge in [-0.05, 0) is 30.2 Å². The number of nitrogen functional groups attached to an aromatic ring is 2. The van der Waals surface area contributed by atoms with Crippen molar-refractivity contribution < 1.29 is 4.79 Å². The van der Waals surface area contributed by atoms with Gasteiger partial charge in [0.05, 0.1) is 0 Å². The van der Waals surface area contributed by atoms with E-state index in [1.807, 2.05) is 24.3 Å². The molecule has 0 heterocycles. The number of aryl methyl sites for hydroxylation is 1. The van der Waals surface area contributed by atoms with Crippen LogP contribution >= 0.6 is 0 Å². The number of carbonyl (C=O) groups is 1. The first kappa shape index (κ1) is 12.2. The normalized spacial score (nSPS) is 10.3. The van der Waals surface area contributed by atoms with Gasteiger partial charge < -0.3 is 11.5 Å². The van der Waals surface area contributed by atoms with Crippen LogP contribution in [0.4, 0.5) is 11.4 Å². The van der Waals surface area contributed by atoms with E-state index in [0.717, 1.165) is 6.42 Å². The third-order valence-corrected chi connectivity index (χ3v) is 2.94. The van der Waals surface area contributed by atoms with Gasteiger partial charge in [0, 0.05) is 22.5 Å². The summed E-state index contributed by atoms with van der Waals surface area (Å²) < 4.78 is 0. The lowest BCUT2D eigenvalue weighted by atomic mass is 10.00. The average Bonchev–Trinajstić information content (AvgIpc) is 2.38. The fourth-order valence-electron chi connectivity index (χ4n) is 1.84. The Morgan fingerprint density at radius 2 is 1.72 bits per heavy atom. The number of benzene rings is 2. The molecule has 2 aromatic carbocycles. The van der Waals surface area contributed by atoms with Gasteiger partial charge in [0.25, 0.3) is 0 Å². The third kappa shape index (κ3) is 2.35. The van der Waals surface area contributed by atoms with Gasteiger partial charge in [-0.15, -0.1) is 0 Å². The largest absolute Gasteiger partial charge is 0.399 e. The number of ketones is 1. The summed E-state index contributed by atoms with van der Waals surface area (Å²) in [7, 11) is 0. The Morgan fingerprint density at radius 3 is 2.28 bits per heavy atom. The first-order valence-corrected chi connectivity index (χ1v) is 5.90. The van der Waals surface area contributed by atoms with E-state index in [1.54, 1.807) is 18.2 Å². The molecular weight excluding hydrogens is 224 g/mol. The van der Waals surface area contributed by atoms with Crippen LogP contribution in [-0.2, 0) is 6.42 Å². The molecule has 0 aromatic heterocycles. The van der Waals surface area contributed by atoms with Crippen molar-refractivity contribution in [3.63, 3.8) is 0 Å². The molecule has 3 nitrogen and oxygen atoms in total. The summed E-state index contributed by atoms with van der Waals surface area (Å²) in [5.41, 5.74) is 14.7. The van der Waals surface area contributed by atoms with Crippen molar-refractivity contribution in [2.75, 3.05) is 11.5 Å². The molecule has 4 N–H and O–H groups in total. The quantitative estimate of drug-likeness (QED) is 0.640. The van der Waals surface area contributed by atoms with Crippen LogP contribution < -0.4 is 11.5 Å². The summed E-state index contributed by atoms with van der Waals surface area (Å²) in [6.45, 7) is 2.08. The van der Waals surface area contributed by atoms with E-state index < -0.39 is 0 Å². The molecule has 0 aliphatic rings. The summed E-state index contributed by atoms with van der Waals surface area (Å²) in [5.74, 6) is -0.0739. The van der Waals surface area contributed by atoms with Crippen molar-refractivity contribution in [1.29, 1.82) is 0 Å². The maximum absolute atomic E-state index is 12.3. The Hall–Kier alpha value is -2.29. The highest BCUT2D eigenvalue weighted by atomic mass is 16.1. The molecule has 92 valence electrons. The number of carbonyl (C=O) groups excluding carboxylic acids is 1. The molecule has 18 heavy (non-hydrogen) atoms. The van der Waals surface area contributed by atoms with Gasteiger partial charge in [-0.25, -0.2) is 0 Å². The van der Waals surface area contributed by atoms with Gasteiger partial charge in [-0.3, -0.25) is 4.79 Å². The summed E-state index contributed by atoms with van der Waals surface area (Å²) in [6, 6.07) is 12.5. The average molecular weight is 240 g/mol. The maximum Gasteiger partial charge on any atom is 0.195 e. The highest BCUT2D eigenvalue weighted by Gasteiger charge is 2.12. The number of hydrogen-bond donors (Lipinski definition) is 2. The molecule has 0 aliphatic carbocycles. The van der Waals surface area contributed by atoms with Gasteiger partial charge in [0.1, 0.15) is 0 Å².